The number of benzene rings is 1. The van der Waals surface area contributed by atoms with Crippen LogP contribution in [0.1, 0.15) is 5.56 Å². The molecule has 2 atom stereocenters. The van der Waals surface area contributed by atoms with E-state index in [0.717, 1.165) is 6.42 Å². The van der Waals surface area contributed by atoms with E-state index in [1.165, 1.54) is 10.5 Å². The van der Waals surface area contributed by atoms with E-state index in [1.807, 2.05) is 17.8 Å². The Morgan fingerprint density at radius 2 is 2.36 bits per heavy atom. The van der Waals surface area contributed by atoms with Crippen LogP contribution in [-0.2, 0) is 6.42 Å². The molecule has 1 aliphatic rings. The number of thioether (sulfide) groups is 1. The summed E-state index contributed by atoms with van der Waals surface area (Å²) in [4.78, 5) is 1.37. The van der Waals surface area contributed by atoms with Crippen LogP contribution in [0.15, 0.2) is 41.8 Å². The highest BCUT2D eigenvalue weighted by atomic mass is 32.2. The zero-order valence-corrected chi connectivity index (χ0v) is 8.76. The molecule has 1 heterocycles. The van der Waals surface area contributed by atoms with E-state index in [9.17, 15) is 0 Å². The Balaban J connectivity index is 2.14. The molecular formula is C11H14N2S. The lowest BCUT2D eigenvalue weighted by molar-refractivity contribution is 0.595. The summed E-state index contributed by atoms with van der Waals surface area (Å²) in [7, 11) is 0. The van der Waals surface area contributed by atoms with E-state index < -0.39 is 0 Å². The number of nitrogens with two attached hydrogens (primary N) is 1. The van der Waals surface area contributed by atoms with Crippen molar-refractivity contribution >= 4 is 11.8 Å². The third-order valence-corrected chi connectivity index (χ3v) is 3.93. The van der Waals surface area contributed by atoms with E-state index in [2.05, 4.69) is 36.3 Å². The van der Waals surface area contributed by atoms with Crippen LogP contribution < -0.4 is 11.3 Å². The Hall–Kier alpha value is -0.770. The Morgan fingerprint density at radius 1 is 1.57 bits per heavy atom. The fourth-order valence-corrected chi connectivity index (χ4v) is 3.12. The van der Waals surface area contributed by atoms with Crippen LogP contribution in [0.25, 0.3) is 0 Å². The first-order valence-corrected chi connectivity index (χ1v) is 5.56. The topological polar surface area (TPSA) is 38.0 Å². The highest BCUT2D eigenvalue weighted by Crippen LogP contribution is 2.38. The molecule has 0 aromatic heterocycles. The third-order valence-electron chi connectivity index (χ3n) is 2.52. The van der Waals surface area contributed by atoms with Gasteiger partial charge in [0.2, 0.25) is 0 Å². The Bertz CT molecular complexity index is 313. The summed E-state index contributed by atoms with van der Waals surface area (Å²) in [5.74, 6) is 5.46. The fourth-order valence-electron chi connectivity index (χ4n) is 1.74. The molecule has 0 amide bonds. The second-order valence-corrected chi connectivity index (χ2v) is 4.68. The predicted molar refractivity (Wildman–Crippen MR) is 61.1 cm³/mol. The summed E-state index contributed by atoms with van der Waals surface area (Å²) < 4.78 is 0. The van der Waals surface area contributed by atoms with Crippen LogP contribution in [0, 0.1) is 0 Å². The smallest absolute Gasteiger partial charge is 0.0513 e. The second-order valence-electron chi connectivity index (χ2n) is 3.40. The zero-order chi connectivity index (χ0) is 9.97. The predicted octanol–water partition coefficient (Wildman–Crippen LogP) is 1.72. The molecule has 2 nitrogen and oxygen atoms in total. The lowest BCUT2D eigenvalue weighted by Crippen LogP contribution is -2.40. The quantitative estimate of drug-likeness (QED) is 0.449. The second kappa shape index (κ2) is 4.17. The Labute approximate surface area is 88.5 Å². The van der Waals surface area contributed by atoms with E-state index in [1.54, 1.807) is 0 Å². The van der Waals surface area contributed by atoms with Crippen LogP contribution in [-0.4, -0.2) is 11.3 Å². The van der Waals surface area contributed by atoms with Gasteiger partial charge in [0.05, 0.1) is 6.04 Å². The van der Waals surface area contributed by atoms with Crippen molar-refractivity contribution in [3.8, 4) is 0 Å². The van der Waals surface area contributed by atoms with Gasteiger partial charge >= 0.3 is 0 Å². The lowest BCUT2D eigenvalue weighted by Gasteiger charge is -2.17. The SMILES string of the molecule is C=CC(NN)C1Cc2ccccc2S1. The van der Waals surface area contributed by atoms with Gasteiger partial charge in [-0.3, -0.25) is 11.3 Å². The first-order chi connectivity index (χ1) is 6.85. The highest BCUT2D eigenvalue weighted by molar-refractivity contribution is 8.00. The average Bonchev–Trinajstić information content (AvgIpc) is 2.63. The Kier molecular flexibility index (Phi) is 2.91. The molecule has 14 heavy (non-hydrogen) atoms. The zero-order valence-electron chi connectivity index (χ0n) is 7.94. The molecule has 0 saturated heterocycles. The summed E-state index contributed by atoms with van der Waals surface area (Å²) in [6.45, 7) is 3.78. The minimum absolute atomic E-state index is 0.187. The number of hydrogen-bond donors (Lipinski definition) is 2. The molecule has 0 bridgehead atoms. The van der Waals surface area contributed by atoms with Gasteiger partial charge in [0.1, 0.15) is 0 Å². The molecule has 74 valence electrons. The van der Waals surface area contributed by atoms with E-state index in [4.69, 9.17) is 5.84 Å². The standard InChI is InChI=1S/C11H14N2S/c1-2-9(13-12)11-7-8-5-3-4-6-10(8)14-11/h2-6,9,11,13H,1,7,12H2. The number of fused-ring (bicyclic) bond motifs is 1. The first-order valence-electron chi connectivity index (χ1n) is 4.68. The molecule has 0 aliphatic carbocycles. The molecule has 3 heteroatoms. The maximum absolute atomic E-state index is 5.46. The van der Waals surface area contributed by atoms with Crippen LogP contribution in [0.5, 0.6) is 0 Å². The van der Waals surface area contributed by atoms with Crippen LogP contribution >= 0.6 is 11.8 Å². The van der Waals surface area contributed by atoms with Crippen molar-refractivity contribution < 1.29 is 0 Å². The molecular weight excluding hydrogens is 192 g/mol. The van der Waals surface area contributed by atoms with Crippen molar-refractivity contribution in [1.82, 2.24) is 5.43 Å². The van der Waals surface area contributed by atoms with E-state index in [-0.39, 0.29) is 6.04 Å². The van der Waals surface area contributed by atoms with Crippen molar-refractivity contribution in [3.05, 3.63) is 42.5 Å². The van der Waals surface area contributed by atoms with Crippen molar-refractivity contribution in [2.45, 2.75) is 22.6 Å². The molecule has 1 aromatic rings. The maximum Gasteiger partial charge on any atom is 0.0513 e. The molecule has 2 unspecified atom stereocenters. The first kappa shape index (κ1) is 9.77. The summed E-state index contributed by atoms with van der Waals surface area (Å²) in [6, 6.07) is 8.69. The third kappa shape index (κ3) is 1.71. The van der Waals surface area contributed by atoms with Crippen molar-refractivity contribution in [2.24, 2.45) is 5.84 Å². The molecule has 3 N–H and O–H groups in total. The highest BCUT2D eigenvalue weighted by Gasteiger charge is 2.26. The molecule has 0 radical (unpaired) electrons. The van der Waals surface area contributed by atoms with Crippen molar-refractivity contribution in [3.63, 3.8) is 0 Å². The lowest BCUT2D eigenvalue weighted by atomic mass is 10.1. The largest absolute Gasteiger partial charge is 0.271 e. The maximum atomic E-state index is 5.46. The van der Waals surface area contributed by atoms with Gasteiger partial charge in [-0.1, -0.05) is 24.3 Å². The number of rotatable bonds is 3. The van der Waals surface area contributed by atoms with Gasteiger partial charge in [0.15, 0.2) is 0 Å². The molecule has 1 aliphatic heterocycles. The minimum atomic E-state index is 0.187. The van der Waals surface area contributed by atoms with E-state index in [0.29, 0.717) is 5.25 Å². The average molecular weight is 206 g/mol. The minimum Gasteiger partial charge on any atom is -0.271 e. The summed E-state index contributed by atoms with van der Waals surface area (Å²) in [6.07, 6.45) is 2.95. The van der Waals surface area contributed by atoms with E-state index >= 15 is 0 Å². The number of hydrazine groups is 1. The Morgan fingerprint density at radius 3 is 3.00 bits per heavy atom. The van der Waals surface area contributed by atoms with Gasteiger partial charge in [0, 0.05) is 10.1 Å². The van der Waals surface area contributed by atoms with Gasteiger partial charge in [-0.15, -0.1) is 18.3 Å². The van der Waals surface area contributed by atoms with Crippen LogP contribution in [0.2, 0.25) is 0 Å². The van der Waals surface area contributed by atoms with Gasteiger partial charge < -0.3 is 0 Å². The van der Waals surface area contributed by atoms with Gasteiger partial charge in [-0.05, 0) is 18.1 Å². The van der Waals surface area contributed by atoms with Crippen LogP contribution in [0.3, 0.4) is 0 Å². The molecule has 1 aromatic carbocycles. The molecule has 0 spiro atoms. The normalized spacial score (nSPS) is 21.6. The van der Waals surface area contributed by atoms with Gasteiger partial charge in [-0.2, -0.15) is 0 Å². The van der Waals surface area contributed by atoms with Crippen molar-refractivity contribution in [1.29, 1.82) is 0 Å². The summed E-state index contributed by atoms with van der Waals surface area (Å²) in [5, 5.41) is 0.481. The molecule has 0 fully saturated rings. The number of nitrogens with one attached hydrogen (secondary N) is 1. The fraction of sp³-hybridized carbons (Fsp3) is 0.273. The molecule has 2 rings (SSSR count). The molecule has 0 saturated carbocycles. The van der Waals surface area contributed by atoms with Crippen LogP contribution in [0.4, 0.5) is 0 Å². The summed E-state index contributed by atoms with van der Waals surface area (Å²) in [5.41, 5.74) is 4.21. The van der Waals surface area contributed by atoms with Gasteiger partial charge in [0.25, 0.3) is 0 Å². The summed E-state index contributed by atoms with van der Waals surface area (Å²) >= 11 is 1.88. The van der Waals surface area contributed by atoms with Gasteiger partial charge in [-0.25, -0.2) is 0 Å². The number of hydrogen-bond acceptors (Lipinski definition) is 3. The monoisotopic (exact) mass is 206 g/mol. The van der Waals surface area contributed by atoms with Crippen molar-refractivity contribution in [2.75, 3.05) is 0 Å².